The molecule has 0 radical (unpaired) electrons. The van der Waals surface area contributed by atoms with Crippen LogP contribution in [0.4, 0.5) is 0 Å². The molecule has 1 heterocycles. The van der Waals surface area contributed by atoms with E-state index < -0.39 is 23.9 Å². The smallest absolute Gasteiger partial charge is 0.330 e. The first kappa shape index (κ1) is 22.8. The van der Waals surface area contributed by atoms with Gasteiger partial charge < -0.3 is 19.7 Å². The largest absolute Gasteiger partial charge is 0.463 e. The van der Waals surface area contributed by atoms with Crippen molar-refractivity contribution in [1.82, 2.24) is 15.5 Å². The van der Waals surface area contributed by atoms with E-state index in [-0.39, 0.29) is 30.2 Å². The SMILES string of the molecule is CCOC(=O)C=CC(=O)NC(=S)N1CCNC(=O)C1CC(=O)OC1CCCCC1. The van der Waals surface area contributed by atoms with Crippen LogP contribution in [0.5, 0.6) is 0 Å². The molecule has 29 heavy (non-hydrogen) atoms. The first-order valence-electron chi connectivity index (χ1n) is 9.84. The highest BCUT2D eigenvalue weighted by Crippen LogP contribution is 2.21. The van der Waals surface area contributed by atoms with Crippen LogP contribution in [0, 0.1) is 0 Å². The molecule has 0 aromatic heterocycles. The second-order valence-electron chi connectivity index (χ2n) is 6.83. The summed E-state index contributed by atoms with van der Waals surface area (Å²) in [4.78, 5) is 49.4. The minimum absolute atomic E-state index is 0.00817. The average molecular weight is 426 g/mol. The summed E-state index contributed by atoms with van der Waals surface area (Å²) >= 11 is 5.24. The number of carbonyl (C=O) groups excluding carboxylic acids is 4. The van der Waals surface area contributed by atoms with Crippen molar-refractivity contribution in [3.63, 3.8) is 0 Å². The number of hydrogen-bond donors (Lipinski definition) is 2. The molecule has 2 N–H and O–H groups in total. The molecule has 1 aliphatic heterocycles. The highest BCUT2D eigenvalue weighted by atomic mass is 32.1. The summed E-state index contributed by atoms with van der Waals surface area (Å²) in [5, 5.41) is 5.15. The van der Waals surface area contributed by atoms with E-state index in [0.717, 1.165) is 44.3 Å². The van der Waals surface area contributed by atoms with E-state index in [9.17, 15) is 19.2 Å². The van der Waals surface area contributed by atoms with Crippen molar-refractivity contribution in [2.24, 2.45) is 0 Å². The monoisotopic (exact) mass is 425 g/mol. The third kappa shape index (κ3) is 7.45. The average Bonchev–Trinajstić information content (AvgIpc) is 2.69. The van der Waals surface area contributed by atoms with Crippen LogP contribution in [-0.4, -0.2) is 65.6 Å². The summed E-state index contributed by atoms with van der Waals surface area (Å²) in [6.45, 7) is 2.53. The van der Waals surface area contributed by atoms with Crippen LogP contribution in [0.15, 0.2) is 12.2 Å². The maximum atomic E-state index is 12.3. The lowest BCUT2D eigenvalue weighted by Crippen LogP contribution is -2.60. The normalized spacial score (nSPS) is 20.1. The van der Waals surface area contributed by atoms with E-state index >= 15 is 0 Å². The van der Waals surface area contributed by atoms with E-state index in [4.69, 9.17) is 21.7 Å². The summed E-state index contributed by atoms with van der Waals surface area (Å²) in [7, 11) is 0. The van der Waals surface area contributed by atoms with Gasteiger partial charge in [0.05, 0.1) is 13.0 Å². The first-order chi connectivity index (χ1) is 13.9. The number of thiocarbonyl (C=S) groups is 1. The van der Waals surface area contributed by atoms with Crippen molar-refractivity contribution in [3.05, 3.63) is 12.2 Å². The van der Waals surface area contributed by atoms with E-state index in [1.54, 1.807) is 6.92 Å². The number of nitrogens with zero attached hydrogens (tertiary/aromatic N) is 1. The highest BCUT2D eigenvalue weighted by Gasteiger charge is 2.34. The van der Waals surface area contributed by atoms with Gasteiger partial charge in [0.1, 0.15) is 12.1 Å². The lowest BCUT2D eigenvalue weighted by Gasteiger charge is -2.36. The molecule has 0 bridgehead atoms. The van der Waals surface area contributed by atoms with Gasteiger partial charge in [-0.2, -0.15) is 0 Å². The topological polar surface area (TPSA) is 114 Å². The molecule has 9 nitrogen and oxygen atoms in total. The van der Waals surface area contributed by atoms with Crippen molar-refractivity contribution >= 4 is 41.1 Å². The Bertz CT molecular complexity index is 675. The molecule has 2 fully saturated rings. The molecule has 2 rings (SSSR count). The van der Waals surface area contributed by atoms with Gasteiger partial charge in [0, 0.05) is 25.2 Å². The molecule has 0 aromatic rings. The number of rotatable bonds is 6. The molecule has 1 atom stereocenters. The van der Waals surface area contributed by atoms with Crippen LogP contribution in [-0.2, 0) is 28.7 Å². The zero-order chi connectivity index (χ0) is 21.2. The number of amides is 2. The third-order valence-corrected chi connectivity index (χ3v) is 5.03. The van der Waals surface area contributed by atoms with Gasteiger partial charge in [0.25, 0.3) is 0 Å². The fraction of sp³-hybridized carbons (Fsp3) is 0.632. The predicted octanol–water partition coefficient (Wildman–Crippen LogP) is 0.573. The zero-order valence-corrected chi connectivity index (χ0v) is 17.3. The van der Waals surface area contributed by atoms with Gasteiger partial charge in [-0.15, -0.1) is 0 Å². The van der Waals surface area contributed by atoms with Crippen molar-refractivity contribution < 1.29 is 28.7 Å². The van der Waals surface area contributed by atoms with Crippen LogP contribution < -0.4 is 10.6 Å². The van der Waals surface area contributed by atoms with Gasteiger partial charge in [0.15, 0.2) is 5.11 Å². The molecule has 2 amide bonds. The van der Waals surface area contributed by atoms with Crippen LogP contribution in [0.2, 0.25) is 0 Å². The maximum Gasteiger partial charge on any atom is 0.330 e. The predicted molar refractivity (Wildman–Crippen MR) is 108 cm³/mol. The first-order valence-corrected chi connectivity index (χ1v) is 10.2. The molecule has 0 aromatic carbocycles. The lowest BCUT2D eigenvalue weighted by atomic mass is 9.98. The van der Waals surface area contributed by atoms with Crippen molar-refractivity contribution in [1.29, 1.82) is 0 Å². The Hall–Kier alpha value is -2.49. The van der Waals surface area contributed by atoms with Gasteiger partial charge in [-0.25, -0.2) is 4.79 Å². The fourth-order valence-corrected chi connectivity index (χ4v) is 3.61. The van der Waals surface area contributed by atoms with Gasteiger partial charge in [-0.3, -0.25) is 19.7 Å². The van der Waals surface area contributed by atoms with Crippen molar-refractivity contribution in [2.75, 3.05) is 19.7 Å². The Kier molecular flexibility index (Phi) is 9.04. The van der Waals surface area contributed by atoms with Crippen LogP contribution in [0.1, 0.15) is 45.4 Å². The zero-order valence-electron chi connectivity index (χ0n) is 16.5. The molecule has 160 valence electrons. The highest BCUT2D eigenvalue weighted by molar-refractivity contribution is 7.80. The maximum absolute atomic E-state index is 12.3. The summed E-state index contributed by atoms with van der Waals surface area (Å²) in [6.07, 6.45) is 6.62. The van der Waals surface area contributed by atoms with Crippen molar-refractivity contribution in [2.45, 2.75) is 57.6 Å². The Labute approximate surface area is 175 Å². The Morgan fingerprint density at radius 3 is 2.66 bits per heavy atom. The quantitative estimate of drug-likeness (QED) is 0.361. The number of piperazine rings is 1. The molecule has 0 spiro atoms. The molecule has 2 aliphatic rings. The molecule has 1 saturated carbocycles. The molecule has 1 saturated heterocycles. The van der Waals surface area contributed by atoms with Crippen LogP contribution in [0.25, 0.3) is 0 Å². The molecular formula is C19H27N3O6S. The Morgan fingerprint density at radius 2 is 1.97 bits per heavy atom. The Morgan fingerprint density at radius 1 is 1.24 bits per heavy atom. The summed E-state index contributed by atoms with van der Waals surface area (Å²) < 4.78 is 10.2. The van der Waals surface area contributed by atoms with Gasteiger partial charge in [0.2, 0.25) is 11.8 Å². The standard InChI is InChI=1S/C19H27N3O6S/c1-2-27-16(24)9-8-15(23)21-19(29)22-11-10-20-18(26)14(22)12-17(25)28-13-6-4-3-5-7-13/h8-9,13-14H,2-7,10-12H2,1H3,(H,20,26)(H,21,23,29). The second-order valence-corrected chi connectivity index (χ2v) is 7.22. The van der Waals surface area contributed by atoms with Gasteiger partial charge in [-0.1, -0.05) is 6.42 Å². The minimum Gasteiger partial charge on any atom is -0.463 e. The molecule has 10 heteroatoms. The van der Waals surface area contributed by atoms with Crippen molar-refractivity contribution in [3.8, 4) is 0 Å². The number of esters is 2. The fourth-order valence-electron chi connectivity index (χ4n) is 3.29. The van der Waals surface area contributed by atoms with E-state index in [2.05, 4.69) is 10.6 Å². The third-order valence-electron chi connectivity index (χ3n) is 4.69. The van der Waals surface area contributed by atoms with Crippen LogP contribution >= 0.6 is 12.2 Å². The summed E-state index contributed by atoms with van der Waals surface area (Å²) in [5.74, 6) is -2.08. The number of carbonyl (C=O) groups is 4. The van der Waals surface area contributed by atoms with E-state index in [1.165, 1.54) is 4.90 Å². The Balaban J connectivity index is 1.92. The molecule has 1 unspecified atom stereocenters. The lowest BCUT2D eigenvalue weighted by molar-refractivity contribution is -0.153. The number of ether oxygens (including phenoxy) is 2. The van der Waals surface area contributed by atoms with Gasteiger partial charge >= 0.3 is 11.9 Å². The number of hydrogen-bond acceptors (Lipinski definition) is 7. The van der Waals surface area contributed by atoms with Gasteiger partial charge in [-0.05, 0) is 44.8 Å². The number of nitrogens with one attached hydrogen (secondary N) is 2. The summed E-state index contributed by atoms with van der Waals surface area (Å²) in [6, 6.07) is -0.860. The second kappa shape index (κ2) is 11.5. The minimum atomic E-state index is -0.860. The summed E-state index contributed by atoms with van der Waals surface area (Å²) in [5.41, 5.74) is 0. The van der Waals surface area contributed by atoms with E-state index in [0.29, 0.717) is 13.1 Å². The molecule has 1 aliphatic carbocycles. The van der Waals surface area contributed by atoms with Crippen LogP contribution in [0.3, 0.4) is 0 Å². The van der Waals surface area contributed by atoms with E-state index in [1.807, 2.05) is 0 Å². The molecular weight excluding hydrogens is 398 g/mol.